The highest BCUT2D eigenvalue weighted by Gasteiger charge is 2.03. The van der Waals surface area contributed by atoms with Gasteiger partial charge in [-0.05, 0) is 19.1 Å². The van der Waals surface area contributed by atoms with E-state index in [-0.39, 0.29) is 6.04 Å². The number of nitriles is 1. The van der Waals surface area contributed by atoms with Crippen LogP contribution in [0.3, 0.4) is 0 Å². The van der Waals surface area contributed by atoms with E-state index in [1.54, 1.807) is 12.3 Å². The molecule has 0 saturated heterocycles. The Morgan fingerprint density at radius 3 is 2.79 bits per heavy atom. The molecule has 0 aliphatic rings. The fourth-order valence-electron chi connectivity index (χ4n) is 1.22. The van der Waals surface area contributed by atoms with Crippen LogP contribution in [0.4, 0.5) is 5.69 Å². The zero-order valence-electron chi connectivity index (χ0n) is 8.44. The molecular weight excluding hydrogens is 176 g/mol. The maximum atomic E-state index is 8.57. The highest BCUT2D eigenvalue weighted by Crippen LogP contribution is 2.10. The minimum absolute atomic E-state index is 0.121. The Balaban J connectivity index is 2.72. The van der Waals surface area contributed by atoms with Crippen LogP contribution in [0, 0.1) is 11.3 Å². The number of pyridine rings is 1. The first kappa shape index (κ1) is 10.5. The monoisotopic (exact) mass is 190 g/mol. The maximum absolute atomic E-state index is 8.57. The molecule has 1 heterocycles. The summed E-state index contributed by atoms with van der Waals surface area (Å²) in [5.41, 5.74) is 7.08. The summed E-state index contributed by atoms with van der Waals surface area (Å²) >= 11 is 0. The zero-order valence-corrected chi connectivity index (χ0v) is 8.44. The van der Waals surface area contributed by atoms with Crippen molar-refractivity contribution >= 4 is 5.69 Å². The molecule has 0 spiro atoms. The molecule has 14 heavy (non-hydrogen) atoms. The lowest BCUT2D eigenvalue weighted by Gasteiger charge is -2.20. The quantitative estimate of drug-likeness (QED) is 0.763. The molecule has 4 nitrogen and oxygen atoms in total. The first-order valence-electron chi connectivity index (χ1n) is 4.46. The number of nitrogens with zero attached hydrogens (tertiary/aromatic N) is 3. The van der Waals surface area contributed by atoms with Crippen LogP contribution in [0.15, 0.2) is 18.3 Å². The molecule has 0 bridgehead atoms. The van der Waals surface area contributed by atoms with Crippen molar-refractivity contribution in [1.82, 2.24) is 4.98 Å². The summed E-state index contributed by atoms with van der Waals surface area (Å²) in [6.07, 6.45) is 1.68. The van der Waals surface area contributed by atoms with E-state index in [4.69, 9.17) is 11.0 Å². The van der Waals surface area contributed by atoms with Crippen LogP contribution in [0.1, 0.15) is 12.6 Å². The van der Waals surface area contributed by atoms with Gasteiger partial charge in [0, 0.05) is 19.6 Å². The molecule has 1 unspecified atom stereocenters. The van der Waals surface area contributed by atoms with Crippen molar-refractivity contribution in [3.05, 3.63) is 24.0 Å². The van der Waals surface area contributed by atoms with Crippen LogP contribution in [-0.2, 0) is 0 Å². The smallest absolute Gasteiger partial charge is 0.140 e. The summed E-state index contributed by atoms with van der Waals surface area (Å²) in [6.45, 7) is 2.72. The Morgan fingerprint density at radius 1 is 1.64 bits per heavy atom. The first-order valence-corrected chi connectivity index (χ1v) is 4.46. The van der Waals surface area contributed by atoms with E-state index in [0.717, 1.165) is 12.2 Å². The van der Waals surface area contributed by atoms with Crippen molar-refractivity contribution in [2.45, 2.75) is 13.0 Å². The van der Waals surface area contributed by atoms with Gasteiger partial charge < -0.3 is 10.6 Å². The topological polar surface area (TPSA) is 65.9 Å². The summed E-state index contributed by atoms with van der Waals surface area (Å²) in [4.78, 5) is 5.99. The molecule has 1 aromatic heterocycles. The predicted molar refractivity (Wildman–Crippen MR) is 55.9 cm³/mol. The Hall–Kier alpha value is -1.60. The molecule has 0 fully saturated rings. The molecule has 2 N–H and O–H groups in total. The highest BCUT2D eigenvalue weighted by molar-refractivity contribution is 5.45. The third kappa shape index (κ3) is 2.71. The van der Waals surface area contributed by atoms with Gasteiger partial charge in [-0.1, -0.05) is 0 Å². The van der Waals surface area contributed by atoms with Gasteiger partial charge in [0.15, 0.2) is 0 Å². The Bertz CT molecular complexity index is 323. The first-order chi connectivity index (χ1) is 6.63. The maximum Gasteiger partial charge on any atom is 0.140 e. The van der Waals surface area contributed by atoms with E-state index in [1.165, 1.54) is 0 Å². The third-order valence-electron chi connectivity index (χ3n) is 1.87. The van der Waals surface area contributed by atoms with Gasteiger partial charge in [0.05, 0.1) is 11.9 Å². The second kappa shape index (κ2) is 4.58. The largest absolute Gasteiger partial charge is 0.372 e. The highest BCUT2D eigenvalue weighted by atomic mass is 15.1. The fraction of sp³-hybridized carbons (Fsp3) is 0.400. The molecular formula is C10H14N4. The van der Waals surface area contributed by atoms with E-state index in [1.807, 2.05) is 31.0 Å². The summed E-state index contributed by atoms with van der Waals surface area (Å²) in [5.74, 6) is 0. The average molecular weight is 190 g/mol. The normalized spacial score (nSPS) is 11.9. The molecule has 0 saturated carbocycles. The summed E-state index contributed by atoms with van der Waals surface area (Å²) in [6, 6.07) is 5.67. The van der Waals surface area contributed by atoms with E-state index in [2.05, 4.69) is 4.98 Å². The minimum Gasteiger partial charge on any atom is -0.372 e. The van der Waals surface area contributed by atoms with Crippen molar-refractivity contribution < 1.29 is 0 Å². The summed E-state index contributed by atoms with van der Waals surface area (Å²) in [7, 11) is 1.95. The van der Waals surface area contributed by atoms with Crippen molar-refractivity contribution in [3.63, 3.8) is 0 Å². The lowest BCUT2D eigenvalue weighted by molar-refractivity contribution is 0.717. The van der Waals surface area contributed by atoms with Crippen LogP contribution < -0.4 is 10.6 Å². The van der Waals surface area contributed by atoms with E-state index in [0.29, 0.717) is 5.69 Å². The average Bonchev–Trinajstić information content (AvgIpc) is 2.17. The molecule has 1 rings (SSSR count). The number of anilines is 1. The summed E-state index contributed by atoms with van der Waals surface area (Å²) in [5, 5.41) is 8.57. The van der Waals surface area contributed by atoms with Gasteiger partial charge in [0.2, 0.25) is 0 Å². The molecule has 1 aromatic rings. The Morgan fingerprint density at radius 2 is 2.36 bits per heavy atom. The number of nitrogens with two attached hydrogens (primary N) is 1. The third-order valence-corrected chi connectivity index (χ3v) is 1.87. The second-order valence-electron chi connectivity index (χ2n) is 3.37. The van der Waals surface area contributed by atoms with Gasteiger partial charge in [-0.2, -0.15) is 5.26 Å². The molecule has 0 aromatic carbocycles. The number of rotatable bonds is 3. The van der Waals surface area contributed by atoms with Crippen molar-refractivity contribution in [3.8, 4) is 6.07 Å². The Labute approximate surface area is 84.0 Å². The van der Waals surface area contributed by atoms with Gasteiger partial charge in [-0.3, -0.25) is 0 Å². The number of hydrogen-bond acceptors (Lipinski definition) is 4. The summed E-state index contributed by atoms with van der Waals surface area (Å²) < 4.78 is 0. The molecule has 0 radical (unpaired) electrons. The number of hydrogen-bond donors (Lipinski definition) is 1. The zero-order chi connectivity index (χ0) is 10.6. The van der Waals surface area contributed by atoms with Crippen LogP contribution in [0.5, 0.6) is 0 Å². The van der Waals surface area contributed by atoms with Gasteiger partial charge in [0.25, 0.3) is 0 Å². The van der Waals surface area contributed by atoms with Crippen LogP contribution in [-0.4, -0.2) is 24.6 Å². The van der Waals surface area contributed by atoms with E-state index < -0.39 is 0 Å². The molecule has 0 aliphatic carbocycles. The van der Waals surface area contributed by atoms with E-state index >= 15 is 0 Å². The van der Waals surface area contributed by atoms with Gasteiger partial charge >= 0.3 is 0 Å². The fourth-order valence-corrected chi connectivity index (χ4v) is 1.22. The lowest BCUT2D eigenvalue weighted by atomic mass is 10.3. The Kier molecular flexibility index (Phi) is 3.43. The predicted octanol–water partition coefficient (Wildman–Crippen LogP) is 0.737. The van der Waals surface area contributed by atoms with Crippen molar-refractivity contribution in [2.24, 2.45) is 5.73 Å². The van der Waals surface area contributed by atoms with E-state index in [9.17, 15) is 0 Å². The van der Waals surface area contributed by atoms with Crippen molar-refractivity contribution in [1.29, 1.82) is 5.26 Å². The van der Waals surface area contributed by atoms with Crippen LogP contribution in [0.25, 0.3) is 0 Å². The molecule has 4 heteroatoms. The molecule has 0 amide bonds. The SMILES string of the molecule is CC(N)CN(C)c1ccc(C#N)nc1. The van der Waals surface area contributed by atoms with Crippen LogP contribution >= 0.6 is 0 Å². The van der Waals surface area contributed by atoms with Crippen molar-refractivity contribution in [2.75, 3.05) is 18.5 Å². The van der Waals surface area contributed by atoms with Gasteiger partial charge in [0.1, 0.15) is 11.8 Å². The van der Waals surface area contributed by atoms with Gasteiger partial charge in [-0.15, -0.1) is 0 Å². The molecule has 74 valence electrons. The molecule has 0 aliphatic heterocycles. The number of aromatic nitrogens is 1. The standard InChI is InChI=1S/C10H14N4/c1-8(12)7-14(2)10-4-3-9(5-11)13-6-10/h3-4,6,8H,7,12H2,1-2H3. The number of likely N-dealkylation sites (N-methyl/N-ethyl adjacent to an activating group) is 1. The van der Waals surface area contributed by atoms with Crippen LogP contribution in [0.2, 0.25) is 0 Å². The molecule has 1 atom stereocenters. The van der Waals surface area contributed by atoms with Gasteiger partial charge in [-0.25, -0.2) is 4.98 Å². The minimum atomic E-state index is 0.121. The second-order valence-corrected chi connectivity index (χ2v) is 3.37. The lowest BCUT2D eigenvalue weighted by Crippen LogP contribution is -2.32.